The molecule has 0 saturated heterocycles. The second-order valence-corrected chi connectivity index (χ2v) is 2.62. The molecule has 0 saturated carbocycles. The van der Waals surface area contributed by atoms with Gasteiger partial charge in [-0.15, -0.1) is 0 Å². The molecule has 0 aliphatic rings. The zero-order valence-electron chi connectivity index (χ0n) is 5.54. The fraction of sp³-hybridized carbons (Fsp3) is 0.400. The number of hydrogen-bond acceptors (Lipinski definition) is 3. The SMILES string of the molecule is COCn1nc(Br)cc1N. The van der Waals surface area contributed by atoms with Crippen molar-refractivity contribution in [2.24, 2.45) is 0 Å². The zero-order valence-corrected chi connectivity index (χ0v) is 7.13. The van der Waals surface area contributed by atoms with E-state index in [1.54, 1.807) is 17.9 Å². The van der Waals surface area contributed by atoms with E-state index in [2.05, 4.69) is 21.0 Å². The third-order valence-corrected chi connectivity index (χ3v) is 1.42. The van der Waals surface area contributed by atoms with Crippen LogP contribution in [0, 0.1) is 0 Å². The highest BCUT2D eigenvalue weighted by Gasteiger charge is 1.99. The van der Waals surface area contributed by atoms with Gasteiger partial charge in [-0.25, -0.2) is 4.68 Å². The Morgan fingerprint density at radius 1 is 1.90 bits per heavy atom. The molecule has 0 spiro atoms. The Morgan fingerprint density at radius 3 is 3.00 bits per heavy atom. The van der Waals surface area contributed by atoms with Gasteiger partial charge in [-0.3, -0.25) is 0 Å². The van der Waals surface area contributed by atoms with Crippen molar-refractivity contribution in [2.45, 2.75) is 6.73 Å². The van der Waals surface area contributed by atoms with Crippen LogP contribution in [0.4, 0.5) is 5.82 Å². The minimum Gasteiger partial charge on any atom is -0.384 e. The maximum atomic E-state index is 5.52. The fourth-order valence-electron chi connectivity index (χ4n) is 0.624. The third-order valence-electron chi connectivity index (χ3n) is 1.03. The number of halogens is 1. The lowest BCUT2D eigenvalue weighted by Crippen LogP contribution is -2.05. The van der Waals surface area contributed by atoms with Gasteiger partial charge in [0.25, 0.3) is 0 Å². The molecule has 0 atom stereocenters. The molecule has 1 rings (SSSR count). The first-order valence-electron chi connectivity index (χ1n) is 2.72. The first kappa shape index (κ1) is 7.56. The number of aromatic nitrogens is 2. The van der Waals surface area contributed by atoms with Crippen LogP contribution in [0.15, 0.2) is 10.7 Å². The number of rotatable bonds is 2. The summed E-state index contributed by atoms with van der Waals surface area (Å²) in [6, 6.07) is 1.72. The predicted molar refractivity (Wildman–Crippen MR) is 41.3 cm³/mol. The minimum absolute atomic E-state index is 0.386. The van der Waals surface area contributed by atoms with Crippen molar-refractivity contribution in [3.05, 3.63) is 10.7 Å². The molecular weight excluding hydrogens is 198 g/mol. The molecule has 4 nitrogen and oxygen atoms in total. The Bertz CT molecular complexity index is 223. The minimum atomic E-state index is 0.386. The Kier molecular flexibility index (Phi) is 2.29. The van der Waals surface area contributed by atoms with Gasteiger partial charge in [0.1, 0.15) is 17.2 Å². The molecule has 5 heteroatoms. The molecule has 0 aliphatic carbocycles. The highest BCUT2D eigenvalue weighted by molar-refractivity contribution is 9.10. The molecule has 0 unspecified atom stereocenters. The number of nitrogen functional groups attached to an aromatic ring is 1. The Balaban J connectivity index is 2.81. The maximum Gasteiger partial charge on any atom is 0.141 e. The van der Waals surface area contributed by atoms with Crippen LogP contribution >= 0.6 is 15.9 Å². The van der Waals surface area contributed by atoms with Crippen LogP contribution in [-0.2, 0) is 11.5 Å². The van der Waals surface area contributed by atoms with Gasteiger partial charge in [-0.2, -0.15) is 5.10 Å². The number of hydrogen-bond donors (Lipinski definition) is 1. The number of nitrogens with zero attached hydrogens (tertiary/aromatic N) is 2. The van der Waals surface area contributed by atoms with Gasteiger partial charge in [0, 0.05) is 13.2 Å². The van der Waals surface area contributed by atoms with Crippen LogP contribution in [0.25, 0.3) is 0 Å². The monoisotopic (exact) mass is 205 g/mol. The maximum absolute atomic E-state index is 5.52. The Morgan fingerprint density at radius 2 is 2.60 bits per heavy atom. The normalized spacial score (nSPS) is 10.2. The summed E-state index contributed by atoms with van der Waals surface area (Å²) in [5.74, 6) is 0.591. The molecule has 0 aliphatic heterocycles. The van der Waals surface area contributed by atoms with Crippen LogP contribution in [0.1, 0.15) is 0 Å². The lowest BCUT2D eigenvalue weighted by Gasteiger charge is -1.99. The molecule has 0 radical (unpaired) electrons. The van der Waals surface area contributed by atoms with E-state index < -0.39 is 0 Å². The van der Waals surface area contributed by atoms with Crippen molar-refractivity contribution in [3.8, 4) is 0 Å². The zero-order chi connectivity index (χ0) is 7.56. The quantitative estimate of drug-likeness (QED) is 0.779. The summed E-state index contributed by atoms with van der Waals surface area (Å²) in [7, 11) is 1.59. The van der Waals surface area contributed by atoms with Crippen molar-refractivity contribution in [2.75, 3.05) is 12.8 Å². The standard InChI is InChI=1S/C5H8BrN3O/c1-10-3-9-5(7)2-4(6)8-9/h2H,3,7H2,1H3. The average Bonchev–Trinajstić information content (AvgIpc) is 2.13. The largest absolute Gasteiger partial charge is 0.384 e. The lowest BCUT2D eigenvalue weighted by molar-refractivity contribution is 0.122. The van der Waals surface area contributed by atoms with Gasteiger partial charge < -0.3 is 10.5 Å². The summed E-state index contributed by atoms with van der Waals surface area (Å²) in [4.78, 5) is 0. The first-order chi connectivity index (χ1) is 4.74. The van der Waals surface area contributed by atoms with Crippen LogP contribution in [0.3, 0.4) is 0 Å². The summed E-state index contributed by atoms with van der Waals surface area (Å²) in [5.41, 5.74) is 5.52. The van der Waals surface area contributed by atoms with Crippen molar-refractivity contribution in [1.82, 2.24) is 9.78 Å². The second-order valence-electron chi connectivity index (χ2n) is 1.81. The molecule has 2 N–H and O–H groups in total. The lowest BCUT2D eigenvalue weighted by atomic mass is 10.7. The Hall–Kier alpha value is -0.550. The van der Waals surface area contributed by atoms with Gasteiger partial charge in [0.2, 0.25) is 0 Å². The van der Waals surface area contributed by atoms with E-state index in [1.807, 2.05) is 0 Å². The molecule has 1 aromatic heterocycles. The van der Waals surface area contributed by atoms with Gasteiger partial charge in [0.15, 0.2) is 0 Å². The van der Waals surface area contributed by atoms with Crippen molar-refractivity contribution < 1.29 is 4.74 Å². The van der Waals surface area contributed by atoms with E-state index in [0.29, 0.717) is 12.5 Å². The third kappa shape index (κ3) is 1.48. The van der Waals surface area contributed by atoms with Crippen LogP contribution < -0.4 is 5.73 Å². The molecule has 1 heterocycles. The van der Waals surface area contributed by atoms with Gasteiger partial charge in [-0.05, 0) is 15.9 Å². The number of methoxy groups -OCH3 is 1. The molecule has 0 amide bonds. The number of nitrogens with two attached hydrogens (primary N) is 1. The van der Waals surface area contributed by atoms with Crippen molar-refractivity contribution >= 4 is 21.7 Å². The van der Waals surface area contributed by atoms with Gasteiger partial charge >= 0.3 is 0 Å². The highest BCUT2D eigenvalue weighted by atomic mass is 79.9. The van der Waals surface area contributed by atoms with Crippen molar-refractivity contribution in [3.63, 3.8) is 0 Å². The molecule has 0 aromatic carbocycles. The molecular formula is C5H8BrN3O. The summed E-state index contributed by atoms with van der Waals surface area (Å²) < 4.78 is 7.11. The first-order valence-corrected chi connectivity index (χ1v) is 3.51. The number of anilines is 1. The van der Waals surface area contributed by atoms with Crippen LogP contribution in [-0.4, -0.2) is 16.9 Å². The van der Waals surface area contributed by atoms with E-state index in [0.717, 1.165) is 4.60 Å². The van der Waals surface area contributed by atoms with Crippen LogP contribution in [0.5, 0.6) is 0 Å². The van der Waals surface area contributed by atoms with E-state index >= 15 is 0 Å². The van der Waals surface area contributed by atoms with Crippen molar-refractivity contribution in [1.29, 1.82) is 0 Å². The molecule has 1 aromatic rings. The predicted octanol–water partition coefficient (Wildman–Crippen LogP) is 0.832. The topological polar surface area (TPSA) is 53.1 Å². The smallest absolute Gasteiger partial charge is 0.141 e. The molecule has 0 bridgehead atoms. The van der Waals surface area contributed by atoms with E-state index in [9.17, 15) is 0 Å². The second kappa shape index (κ2) is 3.03. The number of ether oxygens (including phenoxy) is 1. The van der Waals surface area contributed by atoms with Gasteiger partial charge in [-0.1, -0.05) is 0 Å². The van der Waals surface area contributed by atoms with E-state index in [1.165, 1.54) is 0 Å². The summed E-state index contributed by atoms with van der Waals surface area (Å²) in [6.45, 7) is 0.386. The average molecular weight is 206 g/mol. The van der Waals surface area contributed by atoms with Crippen LogP contribution in [0.2, 0.25) is 0 Å². The summed E-state index contributed by atoms with van der Waals surface area (Å²) >= 11 is 3.19. The Labute approximate surface area is 67.1 Å². The van der Waals surface area contributed by atoms with E-state index in [4.69, 9.17) is 10.5 Å². The molecule has 56 valence electrons. The van der Waals surface area contributed by atoms with E-state index in [-0.39, 0.29) is 0 Å². The molecule has 0 fully saturated rings. The summed E-state index contributed by atoms with van der Waals surface area (Å²) in [6.07, 6.45) is 0. The molecule has 10 heavy (non-hydrogen) atoms. The van der Waals surface area contributed by atoms with Gasteiger partial charge in [0.05, 0.1) is 0 Å². The summed E-state index contributed by atoms with van der Waals surface area (Å²) in [5, 5.41) is 3.98. The fourth-order valence-corrected chi connectivity index (χ4v) is 1.05. The highest BCUT2D eigenvalue weighted by Crippen LogP contribution is 2.11.